The quantitative estimate of drug-likeness (QED) is 0.483. The van der Waals surface area contributed by atoms with Crippen LogP contribution in [0.3, 0.4) is 0 Å². The maximum absolute atomic E-state index is 10.8. The van der Waals surface area contributed by atoms with Gasteiger partial charge in [0.15, 0.2) is 0 Å². The van der Waals surface area contributed by atoms with E-state index in [9.17, 15) is 10.1 Å². The highest BCUT2D eigenvalue weighted by Crippen LogP contribution is 2.37. The van der Waals surface area contributed by atoms with Crippen molar-refractivity contribution in [2.24, 2.45) is 0 Å². The number of alkyl halides is 1. The second-order valence-corrected chi connectivity index (χ2v) is 5.83. The zero-order valence-corrected chi connectivity index (χ0v) is 12.2. The summed E-state index contributed by atoms with van der Waals surface area (Å²) in [5, 5.41) is 11.4. The number of non-ortho nitro benzene ring substituents is 1. The molecule has 0 atom stereocenters. The van der Waals surface area contributed by atoms with Crippen LogP contribution in [0.25, 0.3) is 0 Å². The Kier molecular flexibility index (Phi) is 3.61. The summed E-state index contributed by atoms with van der Waals surface area (Å²) in [6.07, 6.45) is 2.33. The molecule has 5 heteroatoms. The molecule has 0 radical (unpaired) electrons. The number of halogens is 1. The fourth-order valence-electron chi connectivity index (χ4n) is 2.61. The largest absolute Gasteiger partial charge is 0.366 e. The van der Waals surface area contributed by atoms with Crippen LogP contribution in [0.2, 0.25) is 0 Å². The maximum atomic E-state index is 10.8. The molecule has 1 aliphatic rings. The Morgan fingerprint density at radius 3 is 2.72 bits per heavy atom. The van der Waals surface area contributed by atoms with Gasteiger partial charge in [0.2, 0.25) is 0 Å². The molecule has 1 saturated heterocycles. The summed E-state index contributed by atoms with van der Waals surface area (Å²) in [4.78, 5) is 12.8. The zero-order valence-electron chi connectivity index (χ0n) is 10.6. The van der Waals surface area contributed by atoms with Crippen molar-refractivity contribution in [2.75, 3.05) is 11.4 Å². The third kappa shape index (κ3) is 2.36. The van der Waals surface area contributed by atoms with Gasteiger partial charge < -0.3 is 4.90 Å². The van der Waals surface area contributed by atoms with Crippen LogP contribution in [0, 0.1) is 10.1 Å². The molecule has 1 heterocycles. The van der Waals surface area contributed by atoms with Crippen LogP contribution in [0.15, 0.2) is 18.2 Å². The average Bonchev–Trinajstić information content (AvgIpc) is 2.67. The fraction of sp³-hybridized carbons (Fsp3) is 0.538. The van der Waals surface area contributed by atoms with Gasteiger partial charge in [-0.05, 0) is 38.3 Å². The number of anilines is 1. The molecule has 1 aliphatic heterocycles. The Morgan fingerprint density at radius 1 is 1.50 bits per heavy atom. The molecule has 0 N–H and O–H groups in total. The highest BCUT2D eigenvalue weighted by atomic mass is 79.9. The van der Waals surface area contributed by atoms with Crippen LogP contribution in [0.1, 0.15) is 32.3 Å². The monoisotopic (exact) mass is 312 g/mol. The second kappa shape index (κ2) is 4.88. The van der Waals surface area contributed by atoms with Gasteiger partial charge in [-0.3, -0.25) is 10.1 Å². The molecule has 1 fully saturated rings. The van der Waals surface area contributed by atoms with Gasteiger partial charge in [-0.2, -0.15) is 0 Å². The Balaban J connectivity index is 2.42. The Hall–Kier alpha value is -1.10. The first-order chi connectivity index (χ1) is 8.45. The molecular weight excluding hydrogens is 296 g/mol. The molecule has 0 amide bonds. The fourth-order valence-corrected chi connectivity index (χ4v) is 3.06. The SMILES string of the molecule is CC1(C)CCCN1c1ccc([N+](=O)[O-])cc1CBr. The van der Waals surface area contributed by atoms with Gasteiger partial charge in [0, 0.05) is 35.2 Å². The van der Waals surface area contributed by atoms with Crippen molar-refractivity contribution in [3.63, 3.8) is 0 Å². The van der Waals surface area contributed by atoms with Gasteiger partial charge >= 0.3 is 0 Å². The normalized spacial score (nSPS) is 18.1. The lowest BCUT2D eigenvalue weighted by molar-refractivity contribution is -0.384. The van der Waals surface area contributed by atoms with E-state index in [1.165, 1.54) is 6.42 Å². The van der Waals surface area contributed by atoms with E-state index in [0.717, 1.165) is 24.2 Å². The van der Waals surface area contributed by atoms with Crippen molar-refractivity contribution in [2.45, 2.75) is 37.6 Å². The van der Waals surface area contributed by atoms with Crippen LogP contribution < -0.4 is 4.90 Å². The van der Waals surface area contributed by atoms with Crippen LogP contribution in [-0.4, -0.2) is 17.0 Å². The topological polar surface area (TPSA) is 46.4 Å². The van der Waals surface area contributed by atoms with Gasteiger partial charge in [0.25, 0.3) is 5.69 Å². The van der Waals surface area contributed by atoms with E-state index in [-0.39, 0.29) is 16.1 Å². The second-order valence-electron chi connectivity index (χ2n) is 5.27. The molecule has 0 unspecified atom stereocenters. The summed E-state index contributed by atoms with van der Waals surface area (Å²) in [6.45, 7) is 5.46. The molecule has 1 aromatic rings. The standard InChI is InChI=1S/C13H17BrN2O2/c1-13(2)6-3-7-15(13)12-5-4-11(16(17)18)8-10(12)9-14/h4-5,8H,3,6-7,9H2,1-2H3. The summed E-state index contributed by atoms with van der Waals surface area (Å²) < 4.78 is 0. The molecule has 4 nitrogen and oxygen atoms in total. The maximum Gasteiger partial charge on any atom is 0.269 e. The minimum absolute atomic E-state index is 0.132. The summed E-state index contributed by atoms with van der Waals surface area (Å²) in [7, 11) is 0. The van der Waals surface area contributed by atoms with Crippen LogP contribution >= 0.6 is 15.9 Å². The zero-order chi connectivity index (χ0) is 13.3. The predicted octanol–water partition coefficient (Wildman–Crippen LogP) is 3.87. The lowest BCUT2D eigenvalue weighted by Gasteiger charge is -2.35. The van der Waals surface area contributed by atoms with E-state index < -0.39 is 0 Å². The predicted molar refractivity (Wildman–Crippen MR) is 76.4 cm³/mol. The van der Waals surface area contributed by atoms with Crippen molar-refractivity contribution in [3.8, 4) is 0 Å². The number of hydrogen-bond donors (Lipinski definition) is 0. The molecule has 0 spiro atoms. The molecule has 0 aromatic heterocycles. The van der Waals surface area contributed by atoms with Gasteiger partial charge in [-0.15, -0.1) is 0 Å². The van der Waals surface area contributed by atoms with E-state index >= 15 is 0 Å². The van der Waals surface area contributed by atoms with Gasteiger partial charge in [-0.25, -0.2) is 0 Å². The van der Waals surface area contributed by atoms with Gasteiger partial charge in [0.05, 0.1) is 4.92 Å². The molecule has 18 heavy (non-hydrogen) atoms. The first-order valence-electron chi connectivity index (χ1n) is 6.06. The van der Waals surface area contributed by atoms with Gasteiger partial charge in [-0.1, -0.05) is 15.9 Å². The Morgan fingerprint density at radius 2 is 2.22 bits per heavy atom. The van der Waals surface area contributed by atoms with Crippen LogP contribution in [0.5, 0.6) is 0 Å². The highest BCUT2D eigenvalue weighted by Gasteiger charge is 2.33. The molecule has 0 aliphatic carbocycles. The molecule has 1 aromatic carbocycles. The Bertz CT molecular complexity index is 474. The first-order valence-corrected chi connectivity index (χ1v) is 7.19. The van der Waals surface area contributed by atoms with E-state index in [0.29, 0.717) is 5.33 Å². The smallest absolute Gasteiger partial charge is 0.269 e. The third-order valence-electron chi connectivity index (χ3n) is 3.61. The van der Waals surface area contributed by atoms with Crippen molar-refractivity contribution < 1.29 is 4.92 Å². The number of nitro benzene ring substituents is 1. The lowest BCUT2D eigenvalue weighted by atomic mass is 10.0. The summed E-state index contributed by atoms with van der Waals surface area (Å²) in [5.74, 6) is 0. The van der Waals surface area contributed by atoms with Crippen LogP contribution in [-0.2, 0) is 5.33 Å². The van der Waals surface area contributed by atoms with Crippen molar-refractivity contribution in [1.82, 2.24) is 0 Å². The summed E-state index contributed by atoms with van der Waals surface area (Å²) in [5.41, 5.74) is 2.39. The minimum atomic E-state index is -0.342. The number of nitro groups is 1. The molecule has 0 saturated carbocycles. The van der Waals surface area contributed by atoms with Gasteiger partial charge in [0.1, 0.15) is 0 Å². The highest BCUT2D eigenvalue weighted by molar-refractivity contribution is 9.08. The molecule has 2 rings (SSSR count). The van der Waals surface area contributed by atoms with Crippen molar-refractivity contribution in [3.05, 3.63) is 33.9 Å². The van der Waals surface area contributed by atoms with E-state index in [1.54, 1.807) is 12.1 Å². The number of benzene rings is 1. The lowest BCUT2D eigenvalue weighted by Crippen LogP contribution is -2.38. The summed E-state index contributed by atoms with van der Waals surface area (Å²) in [6, 6.07) is 5.14. The molecular formula is C13H17BrN2O2. The van der Waals surface area contributed by atoms with Crippen molar-refractivity contribution in [1.29, 1.82) is 0 Å². The first kappa shape index (κ1) is 13.3. The van der Waals surface area contributed by atoms with E-state index in [1.807, 2.05) is 6.07 Å². The number of nitrogens with zero attached hydrogens (tertiary/aromatic N) is 2. The van der Waals surface area contributed by atoms with E-state index in [4.69, 9.17) is 0 Å². The van der Waals surface area contributed by atoms with E-state index in [2.05, 4.69) is 34.7 Å². The minimum Gasteiger partial charge on any atom is -0.366 e. The summed E-state index contributed by atoms with van der Waals surface area (Å²) >= 11 is 3.43. The van der Waals surface area contributed by atoms with Crippen molar-refractivity contribution >= 4 is 27.3 Å². The molecule has 98 valence electrons. The Labute approximate surface area is 115 Å². The average molecular weight is 313 g/mol. The molecule has 0 bridgehead atoms. The van der Waals surface area contributed by atoms with Crippen LogP contribution in [0.4, 0.5) is 11.4 Å². The third-order valence-corrected chi connectivity index (χ3v) is 4.21. The number of rotatable bonds is 3. The number of hydrogen-bond acceptors (Lipinski definition) is 3.